The minimum atomic E-state index is -0.483. The summed E-state index contributed by atoms with van der Waals surface area (Å²) >= 11 is 5.98. The number of hydrogen-bond donors (Lipinski definition) is 2. The predicted molar refractivity (Wildman–Crippen MR) is 118 cm³/mol. The molecule has 2 N–H and O–H groups in total. The van der Waals surface area contributed by atoms with E-state index in [1.807, 2.05) is 18.2 Å². The number of pyridine rings is 1. The fourth-order valence-corrected chi connectivity index (χ4v) is 4.02. The Kier molecular flexibility index (Phi) is 6.50. The molecule has 0 unspecified atom stereocenters. The van der Waals surface area contributed by atoms with Crippen LogP contribution in [0.3, 0.4) is 0 Å². The van der Waals surface area contributed by atoms with Crippen LogP contribution in [0.15, 0.2) is 42.6 Å². The fourth-order valence-electron chi connectivity index (χ4n) is 3.81. The third-order valence-electron chi connectivity index (χ3n) is 5.59. The van der Waals surface area contributed by atoms with Crippen molar-refractivity contribution in [3.8, 4) is 11.3 Å². The van der Waals surface area contributed by atoms with Crippen molar-refractivity contribution in [2.75, 3.05) is 13.1 Å². The van der Waals surface area contributed by atoms with Gasteiger partial charge in [-0.3, -0.25) is 19.7 Å². The molecule has 3 heterocycles. The highest BCUT2D eigenvalue weighted by Crippen LogP contribution is 2.24. The second-order valence-corrected chi connectivity index (χ2v) is 8.32. The normalized spacial score (nSPS) is 14.4. The lowest BCUT2D eigenvalue weighted by Crippen LogP contribution is -2.43. The third-order valence-corrected chi connectivity index (χ3v) is 5.82. The van der Waals surface area contributed by atoms with Gasteiger partial charge in [0.25, 0.3) is 5.91 Å². The van der Waals surface area contributed by atoms with Crippen LogP contribution in [-0.4, -0.2) is 45.0 Å². The van der Waals surface area contributed by atoms with Gasteiger partial charge in [-0.15, -0.1) is 0 Å². The zero-order chi connectivity index (χ0) is 22.7. The van der Waals surface area contributed by atoms with Crippen LogP contribution in [0.25, 0.3) is 11.3 Å². The summed E-state index contributed by atoms with van der Waals surface area (Å²) in [4.78, 5) is 30.9. The van der Waals surface area contributed by atoms with E-state index in [4.69, 9.17) is 11.6 Å². The number of aromatic amines is 1. The van der Waals surface area contributed by atoms with E-state index in [1.54, 1.807) is 30.0 Å². The number of nitrogens with zero attached hydrogens (tertiary/aromatic N) is 3. The minimum absolute atomic E-state index is 0.0253. The maximum absolute atomic E-state index is 14.1. The molecule has 1 fully saturated rings. The van der Waals surface area contributed by atoms with Crippen molar-refractivity contribution < 1.29 is 14.0 Å². The van der Waals surface area contributed by atoms with Gasteiger partial charge in [0, 0.05) is 41.8 Å². The van der Waals surface area contributed by atoms with Crippen LogP contribution in [0.2, 0.25) is 5.02 Å². The number of carbonyl (C=O) groups excluding carboxylic acids is 2. The smallest absolute Gasteiger partial charge is 0.274 e. The van der Waals surface area contributed by atoms with Crippen molar-refractivity contribution >= 4 is 23.4 Å². The molecular weight excluding hydrogens is 433 g/mol. The second-order valence-electron chi connectivity index (χ2n) is 7.89. The highest BCUT2D eigenvalue weighted by molar-refractivity contribution is 6.30. The molecule has 0 radical (unpaired) electrons. The summed E-state index contributed by atoms with van der Waals surface area (Å²) in [6.45, 7) is 3.10. The van der Waals surface area contributed by atoms with E-state index in [2.05, 4.69) is 20.5 Å². The van der Waals surface area contributed by atoms with Gasteiger partial charge in [0.05, 0.1) is 11.9 Å². The first-order valence-corrected chi connectivity index (χ1v) is 10.8. The molecule has 0 aliphatic carbocycles. The number of aryl methyl sites for hydroxylation is 1. The van der Waals surface area contributed by atoms with Crippen molar-refractivity contribution in [1.29, 1.82) is 0 Å². The first kappa shape index (κ1) is 22.0. The van der Waals surface area contributed by atoms with Crippen molar-refractivity contribution in [2.24, 2.45) is 5.92 Å². The zero-order valence-electron chi connectivity index (χ0n) is 17.6. The number of amides is 2. The van der Waals surface area contributed by atoms with E-state index in [-0.39, 0.29) is 23.4 Å². The number of H-pyrrole nitrogens is 1. The molecule has 2 aromatic heterocycles. The Balaban J connectivity index is 1.32. The third kappa shape index (κ3) is 4.96. The van der Waals surface area contributed by atoms with E-state index < -0.39 is 5.82 Å². The maximum Gasteiger partial charge on any atom is 0.274 e. The Morgan fingerprint density at radius 2 is 2.03 bits per heavy atom. The number of piperidine rings is 1. The Bertz CT molecular complexity index is 1140. The van der Waals surface area contributed by atoms with Crippen LogP contribution >= 0.6 is 11.6 Å². The molecule has 0 bridgehead atoms. The van der Waals surface area contributed by atoms with Gasteiger partial charge in [-0.05, 0) is 49.6 Å². The number of rotatable bonds is 5. The highest BCUT2D eigenvalue weighted by atomic mass is 35.5. The number of hydrogen-bond acceptors (Lipinski definition) is 4. The number of carbonyl (C=O) groups is 2. The van der Waals surface area contributed by atoms with Gasteiger partial charge in [-0.1, -0.05) is 23.7 Å². The van der Waals surface area contributed by atoms with Crippen molar-refractivity contribution in [2.45, 2.75) is 26.3 Å². The molecule has 9 heteroatoms. The maximum atomic E-state index is 14.1. The second kappa shape index (κ2) is 9.48. The summed E-state index contributed by atoms with van der Waals surface area (Å²) in [7, 11) is 0. The van der Waals surface area contributed by atoms with E-state index in [1.165, 1.54) is 0 Å². The number of likely N-dealkylation sites (tertiary alicyclic amines) is 1. The lowest BCUT2D eigenvalue weighted by Gasteiger charge is -2.30. The van der Waals surface area contributed by atoms with Gasteiger partial charge < -0.3 is 10.2 Å². The molecule has 3 aromatic rings. The van der Waals surface area contributed by atoms with Crippen molar-refractivity contribution in [1.82, 2.24) is 25.4 Å². The van der Waals surface area contributed by atoms with Gasteiger partial charge in [-0.25, -0.2) is 4.39 Å². The van der Waals surface area contributed by atoms with Crippen LogP contribution in [0, 0.1) is 18.7 Å². The van der Waals surface area contributed by atoms with Crippen molar-refractivity contribution in [3.63, 3.8) is 0 Å². The quantitative estimate of drug-likeness (QED) is 0.613. The molecule has 7 nitrogen and oxygen atoms in total. The van der Waals surface area contributed by atoms with Gasteiger partial charge in [-0.2, -0.15) is 5.10 Å². The average molecular weight is 456 g/mol. The Labute approximate surface area is 190 Å². The monoisotopic (exact) mass is 455 g/mol. The lowest BCUT2D eigenvalue weighted by molar-refractivity contribution is -0.126. The topological polar surface area (TPSA) is 91.0 Å². The van der Waals surface area contributed by atoms with Gasteiger partial charge in [0.2, 0.25) is 5.91 Å². The van der Waals surface area contributed by atoms with Crippen LogP contribution < -0.4 is 5.32 Å². The Morgan fingerprint density at radius 3 is 2.78 bits per heavy atom. The molecule has 1 aromatic carbocycles. The molecular formula is C23H23ClFN5O2. The number of halogens is 2. The van der Waals surface area contributed by atoms with Gasteiger partial charge in [0.1, 0.15) is 0 Å². The molecule has 0 spiro atoms. The number of nitrogens with one attached hydrogen (secondary N) is 2. The SMILES string of the molecule is Cc1cc(-c2cc(C(=O)N3CCC(C(=O)NCc4cccc(Cl)c4)CC3)n[nH]2)c(F)cn1. The number of aromatic nitrogens is 3. The lowest BCUT2D eigenvalue weighted by atomic mass is 9.95. The fraction of sp³-hybridized carbons (Fsp3) is 0.304. The minimum Gasteiger partial charge on any atom is -0.352 e. The molecule has 166 valence electrons. The summed E-state index contributed by atoms with van der Waals surface area (Å²) in [5.41, 5.74) is 2.57. The van der Waals surface area contributed by atoms with Crippen LogP contribution in [0.5, 0.6) is 0 Å². The van der Waals surface area contributed by atoms with E-state index in [0.717, 1.165) is 11.8 Å². The zero-order valence-corrected chi connectivity index (χ0v) is 18.3. The van der Waals surface area contributed by atoms with Crippen LogP contribution in [0.4, 0.5) is 4.39 Å². The molecule has 1 saturated heterocycles. The van der Waals surface area contributed by atoms with E-state index in [0.29, 0.717) is 54.4 Å². The Hall–Kier alpha value is -3.26. The first-order chi connectivity index (χ1) is 15.4. The summed E-state index contributed by atoms with van der Waals surface area (Å²) in [5, 5.41) is 10.4. The summed E-state index contributed by atoms with van der Waals surface area (Å²) in [6, 6.07) is 10.5. The van der Waals surface area contributed by atoms with Crippen molar-refractivity contribution in [3.05, 3.63) is 70.4 Å². The first-order valence-electron chi connectivity index (χ1n) is 10.4. The van der Waals surface area contributed by atoms with Crippen LogP contribution in [-0.2, 0) is 11.3 Å². The molecule has 0 atom stereocenters. The van der Waals surface area contributed by atoms with Crippen LogP contribution in [0.1, 0.15) is 34.6 Å². The Morgan fingerprint density at radius 1 is 1.25 bits per heavy atom. The molecule has 32 heavy (non-hydrogen) atoms. The summed E-state index contributed by atoms with van der Waals surface area (Å²) in [5.74, 6) is -0.899. The average Bonchev–Trinajstić information content (AvgIpc) is 3.29. The number of benzene rings is 1. The standard InChI is InChI=1S/C23H23ClFN5O2/c1-14-9-18(19(25)13-26-14)20-11-21(29-28-20)23(32)30-7-5-16(6-8-30)22(31)27-12-15-3-2-4-17(24)10-15/h2-4,9-11,13,16H,5-8,12H2,1H3,(H,27,31)(H,28,29). The molecule has 1 aliphatic heterocycles. The van der Waals surface area contributed by atoms with Gasteiger partial charge >= 0.3 is 0 Å². The summed E-state index contributed by atoms with van der Waals surface area (Å²) < 4.78 is 14.1. The van der Waals surface area contributed by atoms with Gasteiger partial charge in [0.15, 0.2) is 11.5 Å². The molecule has 4 rings (SSSR count). The molecule has 2 amide bonds. The largest absolute Gasteiger partial charge is 0.352 e. The van der Waals surface area contributed by atoms with E-state index in [9.17, 15) is 14.0 Å². The predicted octanol–water partition coefficient (Wildman–Crippen LogP) is 3.74. The highest BCUT2D eigenvalue weighted by Gasteiger charge is 2.29. The van der Waals surface area contributed by atoms with E-state index >= 15 is 0 Å². The molecule has 0 saturated carbocycles. The molecule has 1 aliphatic rings. The summed E-state index contributed by atoms with van der Waals surface area (Å²) in [6.07, 6.45) is 2.29.